The SMILES string of the molecule is CC/C(C)=C(\NC(=O)[C@H](C)NC(=O)/C(NC(=O)[C@@H](NC(=O)C(C)(C)C(=O)[C@@H](C)CC(C)C)[C@](C)(O)CC)=C(\C)CC)C(=O)N[C@@H](C(=O)N[C@@H](C(=O)N[C@@H](C(=O)N[C@H](C(=O)N/C(C(=O)N[C@H](C)C(=O)N[C@@H](C(=O)N[C@H](C(=O)NC(C(=O)N[C@H](CN(C)C)C(C)C)=C(C)C)C(C)C)C(C)C)=C(\C)CC)C(C)(C)O)C(C)(C)O)[C@@H](C)CC)C(C)C. The first kappa shape index (κ1) is 108. The van der Waals surface area contributed by atoms with Gasteiger partial charge >= 0.3 is 0 Å². The summed E-state index contributed by atoms with van der Waals surface area (Å²) in [7, 11) is 3.75. The van der Waals surface area contributed by atoms with E-state index in [0.29, 0.717) is 29.7 Å². The molecule has 33 nitrogen and oxygen atoms in total. The molecule has 0 unspecified atom stereocenters. The molecule has 0 aliphatic heterocycles. The number of Topliss-reactive ketones (excluding diaryl/α,β-unsaturated/α-hetero) is 1. The van der Waals surface area contributed by atoms with Crippen molar-refractivity contribution in [2.75, 3.05) is 20.6 Å². The van der Waals surface area contributed by atoms with E-state index in [0.717, 1.165) is 0 Å². The summed E-state index contributed by atoms with van der Waals surface area (Å²) in [6.07, 6.45) is 1.24. The van der Waals surface area contributed by atoms with Crippen LogP contribution < -0.4 is 74.4 Å². The van der Waals surface area contributed by atoms with Crippen molar-refractivity contribution in [2.24, 2.45) is 46.8 Å². The molecule has 0 aromatic heterocycles. The van der Waals surface area contributed by atoms with E-state index in [1.54, 1.807) is 118 Å². The molecule has 14 amide bonds. The quantitative estimate of drug-likeness (QED) is 0.0303. The van der Waals surface area contributed by atoms with Gasteiger partial charge in [-0.25, -0.2) is 0 Å². The number of likely N-dealkylation sites (N-methyl/N-ethyl adjacent to an activating group) is 1. The molecule has 0 saturated carbocycles. The van der Waals surface area contributed by atoms with Crippen molar-refractivity contribution in [3.63, 3.8) is 0 Å². The van der Waals surface area contributed by atoms with E-state index in [1.165, 1.54) is 69.2 Å². The Bertz CT molecular complexity index is 3660. The Balaban J connectivity index is 6.94. The van der Waals surface area contributed by atoms with Crippen LogP contribution in [0.25, 0.3) is 0 Å². The molecule has 0 heterocycles. The van der Waals surface area contributed by atoms with E-state index < -0.39 is 195 Å². The van der Waals surface area contributed by atoms with Crippen LogP contribution in [-0.4, -0.2) is 207 Å². The smallest absolute Gasteiger partial charge is 0.268 e. The highest BCUT2D eigenvalue weighted by molar-refractivity contribution is 6.09. The first-order valence-corrected chi connectivity index (χ1v) is 40.9. The minimum Gasteiger partial charge on any atom is -0.388 e. The molecule has 17 N–H and O–H groups in total. The Morgan fingerprint density at radius 1 is 0.359 bits per heavy atom. The second-order valence-electron chi connectivity index (χ2n) is 35.2. The van der Waals surface area contributed by atoms with Crippen molar-refractivity contribution in [2.45, 2.75) is 330 Å². The van der Waals surface area contributed by atoms with Crippen LogP contribution in [0.4, 0.5) is 0 Å². The second-order valence-corrected chi connectivity index (χ2v) is 35.2. The van der Waals surface area contributed by atoms with Crippen molar-refractivity contribution >= 4 is 88.5 Å². The van der Waals surface area contributed by atoms with Crippen molar-refractivity contribution in [1.82, 2.24) is 79.3 Å². The van der Waals surface area contributed by atoms with Crippen molar-refractivity contribution in [3.8, 4) is 0 Å². The topological polar surface area (TPSA) is 488 Å². The van der Waals surface area contributed by atoms with E-state index in [-0.39, 0.29) is 78.4 Å². The maximum absolute atomic E-state index is 14.6. The number of ketones is 1. The van der Waals surface area contributed by atoms with Gasteiger partial charge in [-0.15, -0.1) is 0 Å². The van der Waals surface area contributed by atoms with Crippen LogP contribution in [0.1, 0.15) is 253 Å². The number of amides is 14. The molecule has 33 heteroatoms. The van der Waals surface area contributed by atoms with Gasteiger partial charge in [0, 0.05) is 18.5 Å². The van der Waals surface area contributed by atoms with Gasteiger partial charge in [-0.05, 0) is 201 Å². The highest BCUT2D eigenvalue weighted by atomic mass is 16.3. The maximum atomic E-state index is 14.6. The fourth-order valence-electron chi connectivity index (χ4n) is 12.0. The summed E-state index contributed by atoms with van der Waals surface area (Å²) in [5, 5.41) is 71.1. The summed E-state index contributed by atoms with van der Waals surface area (Å²) in [6, 6.07) is -14.0. The number of hydrogen-bond acceptors (Lipinski definition) is 19. The Hall–Kier alpha value is -8.95. The molecule has 0 saturated heterocycles. The number of hydrogen-bond donors (Lipinski definition) is 17. The summed E-state index contributed by atoms with van der Waals surface area (Å²) in [4.78, 5) is 214. The Morgan fingerprint density at radius 3 is 1.08 bits per heavy atom. The number of carbonyl (C=O) groups excluding carboxylic acids is 15. The van der Waals surface area contributed by atoms with Crippen LogP contribution in [0.15, 0.2) is 45.1 Å². The lowest BCUT2D eigenvalue weighted by atomic mass is 9.78. The third kappa shape index (κ3) is 33.4. The summed E-state index contributed by atoms with van der Waals surface area (Å²) in [5.74, 6) is -15.9. The highest BCUT2D eigenvalue weighted by Crippen LogP contribution is 2.28. The van der Waals surface area contributed by atoms with Crippen LogP contribution >= 0.6 is 0 Å². The van der Waals surface area contributed by atoms with Crippen molar-refractivity contribution < 1.29 is 87.2 Å². The van der Waals surface area contributed by atoms with E-state index in [1.807, 2.05) is 46.7 Å². The standard InChI is InChI=1S/C84H147N15O18/c1-34-47(18)59(73(107)85-52(23)67(101)88-56(44(12)13)70(104)90-57(45(14)15)71(105)89-55(43(10)11)69(103)87-54(42(8)9)40-99(32)33)94-77(111)63(82(27,28)115)97-78(112)64(83(29,30)116)96-76(110)62(50(21)37-4)93-72(106)58(46(16)17)91-75(109)61(49(20)36-3)92-68(102)53(24)86-74(108)60(48(19)35-2)95-79(113)65(84(31,117)38-5)98-80(114)81(25,26)66(100)51(22)39-41(6)7/h41-42,44-46,50-54,56-58,62-65,115-117H,34-40H2,1-33H3,(H,85,107)(H,86,108)(H,87,103)(H,88,101)(H,89,105)(H,90,104)(H,91,109)(H,92,102)(H,93,106)(H,94,111)(H,95,113)(H,96,110)(H,97,112)(H,98,114)/b59-47+,60-48-,61-49-/t50-,51-,52+,53-,54+,56+,57-,58+,62+,63+,64-,65+,84+/m0/s1. The third-order valence-electron chi connectivity index (χ3n) is 20.8. The monoisotopic (exact) mass is 1650 g/mol. The van der Waals surface area contributed by atoms with Gasteiger partial charge < -0.3 is 94.7 Å². The first-order valence-electron chi connectivity index (χ1n) is 40.9. The van der Waals surface area contributed by atoms with Gasteiger partial charge in [0.1, 0.15) is 82.6 Å². The Labute approximate surface area is 695 Å². The van der Waals surface area contributed by atoms with Crippen LogP contribution in [0.2, 0.25) is 0 Å². The van der Waals surface area contributed by atoms with Crippen molar-refractivity contribution in [3.05, 3.63) is 45.1 Å². The number of nitrogens with one attached hydrogen (secondary N) is 14. The lowest BCUT2D eigenvalue weighted by Gasteiger charge is -2.35. The molecule has 0 rings (SSSR count). The zero-order valence-electron chi connectivity index (χ0n) is 76.2. The predicted octanol–water partition coefficient (Wildman–Crippen LogP) is 3.90. The van der Waals surface area contributed by atoms with E-state index >= 15 is 0 Å². The van der Waals surface area contributed by atoms with Crippen molar-refractivity contribution in [1.29, 1.82) is 0 Å². The van der Waals surface area contributed by atoms with Gasteiger partial charge in [0.2, 0.25) is 59.1 Å². The maximum Gasteiger partial charge on any atom is 0.268 e. The molecular weight excluding hydrogens is 1510 g/mol. The highest BCUT2D eigenvalue weighted by Gasteiger charge is 2.47. The van der Waals surface area contributed by atoms with E-state index in [2.05, 4.69) is 74.4 Å². The molecule has 0 aromatic carbocycles. The average Bonchev–Trinajstić information content (AvgIpc) is 0.783. The molecule has 666 valence electrons. The number of allylic oxidation sites excluding steroid dienone is 4. The van der Waals surface area contributed by atoms with Gasteiger partial charge in [0.05, 0.1) is 16.8 Å². The fraction of sp³-hybridized carbons (Fsp3) is 0.726. The molecule has 117 heavy (non-hydrogen) atoms. The Kier molecular flexibility index (Phi) is 44.0. The van der Waals surface area contributed by atoms with Gasteiger partial charge in [-0.1, -0.05) is 124 Å². The zero-order chi connectivity index (χ0) is 91.5. The lowest BCUT2D eigenvalue weighted by molar-refractivity contribution is -0.147. The van der Waals surface area contributed by atoms with E-state index in [9.17, 15) is 87.2 Å². The predicted molar refractivity (Wildman–Crippen MR) is 449 cm³/mol. The largest absolute Gasteiger partial charge is 0.388 e. The number of carbonyl (C=O) groups is 15. The van der Waals surface area contributed by atoms with E-state index in [4.69, 9.17) is 0 Å². The number of nitrogens with zero attached hydrogens (tertiary/aromatic N) is 1. The number of rotatable bonds is 47. The van der Waals surface area contributed by atoms with Crippen LogP contribution in [0.5, 0.6) is 0 Å². The minimum absolute atomic E-state index is 0.0135. The normalized spacial score (nSPS) is 16.3. The summed E-state index contributed by atoms with van der Waals surface area (Å²) < 4.78 is 0. The molecule has 0 spiro atoms. The Morgan fingerprint density at radius 2 is 0.701 bits per heavy atom. The van der Waals surface area contributed by atoms with Gasteiger partial charge in [-0.2, -0.15) is 0 Å². The minimum atomic E-state index is -2.15. The summed E-state index contributed by atoms with van der Waals surface area (Å²) >= 11 is 0. The zero-order valence-corrected chi connectivity index (χ0v) is 76.2. The van der Waals surface area contributed by atoms with Gasteiger partial charge in [0.15, 0.2) is 5.78 Å². The molecule has 0 fully saturated rings. The fourth-order valence-corrected chi connectivity index (χ4v) is 12.0. The molecule has 13 atom stereocenters. The summed E-state index contributed by atoms with van der Waals surface area (Å²) in [6.45, 7) is 49.3. The first-order chi connectivity index (χ1) is 53.5. The molecule has 0 radical (unpaired) electrons. The summed E-state index contributed by atoms with van der Waals surface area (Å²) in [5.41, 5.74) is -7.37. The average molecular weight is 1660 g/mol. The molecule has 0 bridgehead atoms. The molecule has 0 aromatic rings. The van der Waals surface area contributed by atoms with Gasteiger partial charge in [0.25, 0.3) is 23.6 Å². The van der Waals surface area contributed by atoms with Gasteiger partial charge in [-0.3, -0.25) is 71.9 Å². The molecule has 0 aliphatic carbocycles. The van der Waals surface area contributed by atoms with Crippen LogP contribution in [0, 0.1) is 46.8 Å². The third-order valence-corrected chi connectivity index (χ3v) is 20.8. The second kappa shape index (κ2) is 47.6. The molecule has 0 aliphatic rings. The molecular formula is C84H147N15O18. The van der Waals surface area contributed by atoms with Crippen LogP contribution in [-0.2, 0) is 71.9 Å². The van der Waals surface area contributed by atoms with Crippen LogP contribution in [0.3, 0.4) is 0 Å². The number of aliphatic hydroxyl groups is 3. The lowest BCUT2D eigenvalue weighted by Crippen LogP contribution is -2.66.